The van der Waals surface area contributed by atoms with Crippen molar-refractivity contribution < 1.29 is 19.0 Å². The monoisotopic (exact) mass is 337 g/mol. The van der Waals surface area contributed by atoms with Gasteiger partial charge in [-0.15, -0.1) is 5.10 Å². The fourth-order valence-electron chi connectivity index (χ4n) is 2.69. The van der Waals surface area contributed by atoms with Crippen LogP contribution in [-0.4, -0.2) is 34.9 Å². The molecule has 0 saturated heterocycles. The van der Waals surface area contributed by atoms with Gasteiger partial charge in [0, 0.05) is 5.56 Å². The first kappa shape index (κ1) is 15.2. The van der Waals surface area contributed by atoms with Crippen LogP contribution < -0.4 is 9.47 Å². The van der Waals surface area contributed by atoms with E-state index in [4.69, 9.17) is 14.2 Å². The third-order valence-electron chi connectivity index (χ3n) is 3.97. The molecule has 0 bridgehead atoms. The lowest BCUT2D eigenvalue weighted by molar-refractivity contribution is 0.0595. The molecule has 0 amide bonds. The SMILES string of the molecule is COC(=O)c1nnn(-c2ccc(C)cc2)c1-c1ccc2c(c1)OCO2. The number of carbonyl (C=O) groups is 1. The fourth-order valence-corrected chi connectivity index (χ4v) is 2.69. The second-order valence-electron chi connectivity index (χ2n) is 5.59. The lowest BCUT2D eigenvalue weighted by Gasteiger charge is -2.09. The first-order chi connectivity index (χ1) is 12.2. The van der Waals surface area contributed by atoms with E-state index >= 15 is 0 Å². The van der Waals surface area contributed by atoms with Gasteiger partial charge in [-0.05, 0) is 37.3 Å². The van der Waals surface area contributed by atoms with Crippen LogP contribution in [0.1, 0.15) is 16.1 Å². The van der Waals surface area contributed by atoms with Crippen molar-refractivity contribution in [3.05, 3.63) is 53.7 Å². The Kier molecular flexibility index (Phi) is 3.61. The molecule has 0 spiro atoms. The van der Waals surface area contributed by atoms with Crippen LogP contribution in [-0.2, 0) is 4.74 Å². The van der Waals surface area contributed by atoms with Gasteiger partial charge in [0.05, 0.1) is 12.8 Å². The smallest absolute Gasteiger partial charge is 0.360 e. The largest absolute Gasteiger partial charge is 0.464 e. The zero-order valence-corrected chi connectivity index (χ0v) is 13.7. The lowest BCUT2D eigenvalue weighted by atomic mass is 10.1. The predicted molar refractivity (Wildman–Crippen MR) is 89.0 cm³/mol. The van der Waals surface area contributed by atoms with Crippen LogP contribution >= 0.6 is 0 Å². The fraction of sp³-hybridized carbons (Fsp3) is 0.167. The maximum absolute atomic E-state index is 12.1. The molecule has 0 fully saturated rings. The van der Waals surface area contributed by atoms with Gasteiger partial charge in [-0.2, -0.15) is 0 Å². The minimum Gasteiger partial charge on any atom is -0.464 e. The zero-order chi connectivity index (χ0) is 17.4. The minimum absolute atomic E-state index is 0.141. The number of ether oxygens (including phenoxy) is 3. The first-order valence-electron chi connectivity index (χ1n) is 7.68. The van der Waals surface area contributed by atoms with Gasteiger partial charge in [0.2, 0.25) is 6.79 Å². The average molecular weight is 337 g/mol. The number of rotatable bonds is 3. The molecule has 3 aromatic rings. The number of hydrogen-bond acceptors (Lipinski definition) is 6. The molecule has 126 valence electrons. The first-order valence-corrected chi connectivity index (χ1v) is 7.68. The molecule has 1 aliphatic heterocycles. The van der Waals surface area contributed by atoms with Gasteiger partial charge in [-0.3, -0.25) is 0 Å². The molecular weight excluding hydrogens is 322 g/mol. The van der Waals surface area contributed by atoms with E-state index in [9.17, 15) is 4.79 Å². The number of hydrogen-bond donors (Lipinski definition) is 0. The number of methoxy groups -OCH3 is 1. The molecule has 0 N–H and O–H groups in total. The van der Waals surface area contributed by atoms with E-state index in [1.165, 1.54) is 7.11 Å². The maximum Gasteiger partial charge on any atom is 0.360 e. The van der Waals surface area contributed by atoms with Gasteiger partial charge in [0.15, 0.2) is 17.2 Å². The number of fused-ring (bicyclic) bond motifs is 1. The highest BCUT2D eigenvalue weighted by molar-refractivity contribution is 5.94. The minimum atomic E-state index is -0.550. The van der Waals surface area contributed by atoms with Crippen molar-refractivity contribution >= 4 is 5.97 Å². The maximum atomic E-state index is 12.1. The summed E-state index contributed by atoms with van der Waals surface area (Å²) in [6.07, 6.45) is 0. The molecule has 25 heavy (non-hydrogen) atoms. The van der Waals surface area contributed by atoms with Crippen molar-refractivity contribution in [2.75, 3.05) is 13.9 Å². The molecular formula is C18H15N3O4. The molecule has 2 heterocycles. The van der Waals surface area contributed by atoms with Crippen molar-refractivity contribution in [3.63, 3.8) is 0 Å². The Morgan fingerprint density at radius 1 is 1.12 bits per heavy atom. The van der Waals surface area contributed by atoms with Crippen molar-refractivity contribution in [1.82, 2.24) is 15.0 Å². The van der Waals surface area contributed by atoms with Crippen LogP contribution in [0.15, 0.2) is 42.5 Å². The van der Waals surface area contributed by atoms with Crippen molar-refractivity contribution in [2.45, 2.75) is 6.92 Å². The summed E-state index contributed by atoms with van der Waals surface area (Å²) < 4.78 is 17.2. The molecule has 2 aromatic carbocycles. The van der Waals surface area contributed by atoms with Gasteiger partial charge in [0.1, 0.15) is 5.69 Å². The van der Waals surface area contributed by atoms with Crippen LogP contribution in [0.3, 0.4) is 0 Å². The Balaban J connectivity index is 1.90. The van der Waals surface area contributed by atoms with Crippen molar-refractivity contribution in [3.8, 4) is 28.4 Å². The Morgan fingerprint density at radius 3 is 2.64 bits per heavy atom. The van der Waals surface area contributed by atoms with Gasteiger partial charge < -0.3 is 14.2 Å². The summed E-state index contributed by atoms with van der Waals surface area (Å²) in [7, 11) is 1.32. The van der Waals surface area contributed by atoms with Crippen LogP contribution in [0.25, 0.3) is 16.9 Å². The van der Waals surface area contributed by atoms with E-state index in [0.717, 1.165) is 16.8 Å². The number of carbonyl (C=O) groups excluding carboxylic acids is 1. The Labute approximate surface area is 143 Å². The summed E-state index contributed by atoms with van der Waals surface area (Å²) in [5, 5.41) is 8.17. The van der Waals surface area contributed by atoms with Gasteiger partial charge in [-0.1, -0.05) is 22.9 Å². The van der Waals surface area contributed by atoms with Crippen LogP contribution in [0.4, 0.5) is 0 Å². The second kappa shape index (κ2) is 5.94. The van der Waals surface area contributed by atoms with E-state index in [1.807, 2.05) is 37.3 Å². The summed E-state index contributed by atoms with van der Waals surface area (Å²) in [4.78, 5) is 12.1. The average Bonchev–Trinajstić information content (AvgIpc) is 3.27. The van der Waals surface area contributed by atoms with Gasteiger partial charge >= 0.3 is 5.97 Å². The molecule has 0 atom stereocenters. The summed E-state index contributed by atoms with van der Waals surface area (Å²) >= 11 is 0. The quantitative estimate of drug-likeness (QED) is 0.684. The standard InChI is InChI=1S/C18H15N3O4/c1-11-3-6-13(7-4-11)21-17(16(19-20-21)18(22)23-2)12-5-8-14-15(9-12)25-10-24-14/h3-9H,10H2,1-2H3. The Hall–Kier alpha value is -3.35. The topological polar surface area (TPSA) is 75.5 Å². The number of aromatic nitrogens is 3. The van der Waals surface area contributed by atoms with Crippen molar-refractivity contribution in [1.29, 1.82) is 0 Å². The van der Waals surface area contributed by atoms with E-state index in [2.05, 4.69) is 10.3 Å². The highest BCUT2D eigenvalue weighted by Gasteiger charge is 2.24. The summed E-state index contributed by atoms with van der Waals surface area (Å²) in [5.41, 5.74) is 3.33. The number of esters is 1. The molecule has 7 nitrogen and oxygen atoms in total. The third kappa shape index (κ3) is 2.59. The van der Waals surface area contributed by atoms with Crippen LogP contribution in [0.5, 0.6) is 11.5 Å². The zero-order valence-electron chi connectivity index (χ0n) is 13.7. The molecule has 0 saturated carbocycles. The molecule has 0 unspecified atom stereocenters. The van der Waals surface area contributed by atoms with Gasteiger partial charge in [-0.25, -0.2) is 9.48 Å². The van der Waals surface area contributed by atoms with Crippen LogP contribution in [0.2, 0.25) is 0 Å². The van der Waals surface area contributed by atoms with Crippen molar-refractivity contribution in [2.24, 2.45) is 0 Å². The van der Waals surface area contributed by atoms with E-state index in [1.54, 1.807) is 16.8 Å². The second-order valence-corrected chi connectivity index (χ2v) is 5.59. The highest BCUT2D eigenvalue weighted by atomic mass is 16.7. The number of nitrogens with zero attached hydrogens (tertiary/aromatic N) is 3. The summed E-state index contributed by atoms with van der Waals surface area (Å²) in [5.74, 6) is 0.730. The normalized spacial score (nSPS) is 12.2. The molecule has 4 rings (SSSR count). The molecule has 0 radical (unpaired) electrons. The number of aryl methyl sites for hydroxylation is 1. The molecule has 7 heteroatoms. The summed E-state index contributed by atoms with van der Waals surface area (Å²) in [6, 6.07) is 13.2. The van der Waals surface area contributed by atoms with E-state index < -0.39 is 5.97 Å². The molecule has 1 aromatic heterocycles. The lowest BCUT2D eigenvalue weighted by Crippen LogP contribution is -2.05. The molecule has 0 aliphatic carbocycles. The van der Waals surface area contributed by atoms with E-state index in [-0.39, 0.29) is 12.5 Å². The number of benzene rings is 2. The van der Waals surface area contributed by atoms with Crippen LogP contribution in [0, 0.1) is 6.92 Å². The predicted octanol–water partition coefficient (Wildman–Crippen LogP) is 2.76. The Bertz CT molecular complexity index is 947. The van der Waals surface area contributed by atoms with E-state index in [0.29, 0.717) is 17.2 Å². The van der Waals surface area contributed by atoms with Gasteiger partial charge in [0.25, 0.3) is 0 Å². The highest BCUT2D eigenvalue weighted by Crippen LogP contribution is 2.37. The molecule has 1 aliphatic rings. The summed E-state index contributed by atoms with van der Waals surface area (Å²) in [6.45, 7) is 2.18. The Morgan fingerprint density at radius 2 is 1.88 bits per heavy atom. The third-order valence-corrected chi connectivity index (χ3v) is 3.97.